The van der Waals surface area contributed by atoms with Crippen LogP contribution in [0, 0.1) is 5.92 Å². The number of aliphatic carboxylic acids is 1. The monoisotopic (exact) mass is 209 g/mol. The summed E-state index contributed by atoms with van der Waals surface area (Å²) >= 11 is 0. The lowest BCUT2D eigenvalue weighted by molar-refractivity contribution is -0.148. The van der Waals surface area contributed by atoms with Crippen molar-refractivity contribution in [3.8, 4) is 0 Å². The lowest BCUT2D eigenvalue weighted by Gasteiger charge is -2.40. The van der Waals surface area contributed by atoms with Gasteiger partial charge < -0.3 is 9.52 Å². The van der Waals surface area contributed by atoms with Crippen molar-refractivity contribution in [2.24, 2.45) is 5.92 Å². The first kappa shape index (κ1) is 10.2. The highest BCUT2D eigenvalue weighted by Gasteiger charge is 2.35. The molecule has 0 saturated carbocycles. The van der Waals surface area contributed by atoms with Gasteiger partial charge in [0.25, 0.3) is 0 Å². The largest absolute Gasteiger partial charge is 0.481 e. The molecule has 4 nitrogen and oxygen atoms in total. The van der Waals surface area contributed by atoms with Crippen LogP contribution in [-0.2, 0) is 11.2 Å². The molecule has 1 aromatic heterocycles. The maximum Gasteiger partial charge on any atom is 0.309 e. The van der Waals surface area contributed by atoms with Crippen LogP contribution in [0.4, 0.5) is 0 Å². The van der Waals surface area contributed by atoms with E-state index >= 15 is 0 Å². The highest BCUT2D eigenvalue weighted by Crippen LogP contribution is 2.20. The van der Waals surface area contributed by atoms with E-state index in [9.17, 15) is 4.79 Å². The maximum absolute atomic E-state index is 10.6. The molecule has 1 N–H and O–H groups in total. The summed E-state index contributed by atoms with van der Waals surface area (Å²) in [6, 6.07) is 4.18. The van der Waals surface area contributed by atoms with Crippen molar-refractivity contribution in [2.75, 3.05) is 13.1 Å². The number of hydrogen-bond donors (Lipinski definition) is 1. The van der Waals surface area contributed by atoms with E-state index in [-0.39, 0.29) is 5.92 Å². The summed E-state index contributed by atoms with van der Waals surface area (Å²) in [6.07, 6.45) is 2.51. The Kier molecular flexibility index (Phi) is 2.77. The second-order valence-corrected chi connectivity index (χ2v) is 4.12. The fourth-order valence-corrected chi connectivity index (χ4v) is 1.88. The Labute approximate surface area is 88.5 Å². The van der Waals surface area contributed by atoms with Crippen LogP contribution in [0.15, 0.2) is 22.8 Å². The van der Waals surface area contributed by atoms with E-state index in [4.69, 9.17) is 9.52 Å². The van der Waals surface area contributed by atoms with E-state index in [1.165, 1.54) is 0 Å². The molecule has 1 aromatic rings. The Bertz CT molecular complexity index is 328. The SMILES string of the molecule is CC(Cc1ccco1)N1CC(C(=O)O)C1. The molecule has 15 heavy (non-hydrogen) atoms. The Morgan fingerprint density at radius 1 is 1.73 bits per heavy atom. The van der Waals surface area contributed by atoms with Gasteiger partial charge in [0.15, 0.2) is 0 Å². The van der Waals surface area contributed by atoms with Crippen LogP contribution in [0.2, 0.25) is 0 Å². The van der Waals surface area contributed by atoms with Gasteiger partial charge in [0.2, 0.25) is 0 Å². The number of furan rings is 1. The Morgan fingerprint density at radius 3 is 3.00 bits per heavy atom. The first-order valence-electron chi connectivity index (χ1n) is 5.16. The minimum Gasteiger partial charge on any atom is -0.481 e. The number of hydrogen-bond acceptors (Lipinski definition) is 3. The van der Waals surface area contributed by atoms with Crippen molar-refractivity contribution in [3.05, 3.63) is 24.2 Å². The summed E-state index contributed by atoms with van der Waals surface area (Å²) < 4.78 is 5.25. The molecule has 1 aliphatic rings. The van der Waals surface area contributed by atoms with Gasteiger partial charge in [0, 0.05) is 25.6 Å². The molecule has 4 heteroatoms. The lowest BCUT2D eigenvalue weighted by atomic mass is 9.97. The smallest absolute Gasteiger partial charge is 0.309 e. The molecule has 1 saturated heterocycles. The lowest BCUT2D eigenvalue weighted by Crippen LogP contribution is -2.54. The van der Waals surface area contributed by atoms with Gasteiger partial charge in [-0.05, 0) is 19.1 Å². The van der Waals surface area contributed by atoms with E-state index in [2.05, 4.69) is 11.8 Å². The van der Waals surface area contributed by atoms with Gasteiger partial charge >= 0.3 is 5.97 Å². The predicted molar refractivity (Wildman–Crippen MR) is 54.6 cm³/mol. The number of carboxylic acid groups (broad SMARTS) is 1. The summed E-state index contributed by atoms with van der Waals surface area (Å²) in [5, 5.41) is 8.74. The molecule has 1 fully saturated rings. The highest BCUT2D eigenvalue weighted by molar-refractivity contribution is 5.71. The average Bonchev–Trinajstić information content (AvgIpc) is 2.52. The minimum atomic E-state index is -0.684. The number of likely N-dealkylation sites (tertiary alicyclic amines) is 1. The fourth-order valence-electron chi connectivity index (χ4n) is 1.88. The van der Waals surface area contributed by atoms with Gasteiger partial charge in [-0.2, -0.15) is 0 Å². The molecule has 1 aliphatic heterocycles. The van der Waals surface area contributed by atoms with Crippen molar-refractivity contribution < 1.29 is 14.3 Å². The third-order valence-corrected chi connectivity index (χ3v) is 2.96. The number of nitrogens with zero attached hydrogens (tertiary/aromatic N) is 1. The molecule has 0 spiro atoms. The zero-order valence-corrected chi connectivity index (χ0v) is 8.72. The van der Waals surface area contributed by atoms with Crippen molar-refractivity contribution >= 4 is 5.97 Å². The van der Waals surface area contributed by atoms with E-state index in [1.807, 2.05) is 12.1 Å². The van der Waals surface area contributed by atoms with Crippen molar-refractivity contribution in [1.29, 1.82) is 0 Å². The normalized spacial score (nSPS) is 19.8. The summed E-state index contributed by atoms with van der Waals surface area (Å²) in [5.41, 5.74) is 0. The van der Waals surface area contributed by atoms with Gasteiger partial charge in [-0.25, -0.2) is 0 Å². The van der Waals surface area contributed by atoms with Crippen molar-refractivity contribution in [1.82, 2.24) is 4.90 Å². The Balaban J connectivity index is 1.79. The summed E-state index contributed by atoms with van der Waals surface area (Å²) in [6.45, 7) is 3.43. The van der Waals surface area contributed by atoms with E-state index in [1.54, 1.807) is 6.26 Å². The van der Waals surface area contributed by atoms with E-state index < -0.39 is 5.97 Å². The van der Waals surface area contributed by atoms with Crippen LogP contribution < -0.4 is 0 Å². The Hall–Kier alpha value is -1.29. The maximum atomic E-state index is 10.6. The molecule has 2 heterocycles. The molecule has 0 amide bonds. The molecule has 1 unspecified atom stereocenters. The predicted octanol–water partition coefficient (Wildman–Crippen LogP) is 1.23. The molecule has 1 atom stereocenters. The van der Waals surface area contributed by atoms with Gasteiger partial charge in [-0.3, -0.25) is 9.69 Å². The number of rotatable bonds is 4. The minimum absolute atomic E-state index is 0.177. The molecule has 0 bridgehead atoms. The van der Waals surface area contributed by atoms with Gasteiger partial charge in [-0.1, -0.05) is 0 Å². The standard InChI is InChI=1S/C11H15NO3/c1-8(5-10-3-2-4-15-10)12-6-9(7-12)11(13)14/h2-4,8-9H,5-7H2,1H3,(H,13,14). The van der Waals surface area contributed by atoms with Gasteiger partial charge in [0.1, 0.15) is 5.76 Å². The zero-order valence-electron chi connectivity index (χ0n) is 8.72. The first-order chi connectivity index (χ1) is 7.16. The van der Waals surface area contributed by atoms with Gasteiger partial charge in [-0.15, -0.1) is 0 Å². The average molecular weight is 209 g/mol. The highest BCUT2D eigenvalue weighted by atomic mass is 16.4. The second kappa shape index (κ2) is 4.06. The van der Waals surface area contributed by atoms with Crippen LogP contribution in [0.25, 0.3) is 0 Å². The fraction of sp³-hybridized carbons (Fsp3) is 0.545. The van der Waals surface area contributed by atoms with Crippen molar-refractivity contribution in [3.63, 3.8) is 0 Å². The second-order valence-electron chi connectivity index (χ2n) is 4.12. The molecular weight excluding hydrogens is 194 g/mol. The molecule has 0 radical (unpaired) electrons. The quantitative estimate of drug-likeness (QED) is 0.810. The summed E-state index contributed by atoms with van der Waals surface area (Å²) in [4.78, 5) is 12.8. The molecule has 82 valence electrons. The molecule has 0 aliphatic carbocycles. The van der Waals surface area contributed by atoms with Crippen LogP contribution in [0.3, 0.4) is 0 Å². The number of carbonyl (C=O) groups is 1. The zero-order chi connectivity index (χ0) is 10.8. The molecular formula is C11H15NO3. The molecule has 0 aromatic carbocycles. The van der Waals surface area contributed by atoms with Crippen molar-refractivity contribution in [2.45, 2.75) is 19.4 Å². The third kappa shape index (κ3) is 2.21. The van der Waals surface area contributed by atoms with Crippen LogP contribution in [-0.4, -0.2) is 35.1 Å². The first-order valence-corrected chi connectivity index (χ1v) is 5.16. The van der Waals surface area contributed by atoms with Crippen LogP contribution in [0.5, 0.6) is 0 Å². The van der Waals surface area contributed by atoms with Crippen LogP contribution >= 0.6 is 0 Å². The van der Waals surface area contributed by atoms with Gasteiger partial charge in [0.05, 0.1) is 12.2 Å². The summed E-state index contributed by atoms with van der Waals surface area (Å²) in [5.74, 6) is 0.0989. The van der Waals surface area contributed by atoms with Crippen LogP contribution in [0.1, 0.15) is 12.7 Å². The topological polar surface area (TPSA) is 53.7 Å². The number of carboxylic acids is 1. The van der Waals surface area contributed by atoms with E-state index in [0.29, 0.717) is 19.1 Å². The Morgan fingerprint density at radius 2 is 2.47 bits per heavy atom. The summed E-state index contributed by atoms with van der Waals surface area (Å²) in [7, 11) is 0. The molecule has 2 rings (SSSR count). The third-order valence-electron chi connectivity index (χ3n) is 2.96. The van der Waals surface area contributed by atoms with E-state index in [0.717, 1.165) is 12.2 Å².